The van der Waals surface area contributed by atoms with Crippen LogP contribution in [-0.4, -0.2) is 28.2 Å². The highest BCUT2D eigenvalue weighted by Gasteiger charge is 2.07. The van der Waals surface area contributed by atoms with Crippen LogP contribution in [0.1, 0.15) is 26.2 Å². The lowest BCUT2D eigenvalue weighted by Crippen LogP contribution is -2.33. The lowest BCUT2D eigenvalue weighted by atomic mass is 10.2. The van der Waals surface area contributed by atoms with Gasteiger partial charge in [0.2, 0.25) is 5.91 Å². The number of aliphatic hydroxyl groups is 1. The summed E-state index contributed by atoms with van der Waals surface area (Å²) in [7, 11) is 0. The topological polar surface area (TPSA) is 71.3 Å². The Bertz CT molecular complexity index is 428. The molecule has 1 aromatic rings. The molecule has 1 amide bonds. The van der Waals surface area contributed by atoms with Crippen LogP contribution in [0, 0.1) is 0 Å². The monoisotopic (exact) mass is 252 g/mol. The molecule has 1 atom stereocenters. The van der Waals surface area contributed by atoms with Crippen LogP contribution in [-0.2, 0) is 11.3 Å². The average Bonchev–Trinajstić information content (AvgIpc) is 2.35. The van der Waals surface area contributed by atoms with Crippen LogP contribution in [0.4, 0.5) is 0 Å². The van der Waals surface area contributed by atoms with E-state index in [1.54, 1.807) is 18.3 Å². The molecule has 0 aliphatic carbocycles. The highest BCUT2D eigenvalue weighted by molar-refractivity contribution is 5.76. The van der Waals surface area contributed by atoms with Gasteiger partial charge in [0.1, 0.15) is 0 Å². The van der Waals surface area contributed by atoms with E-state index in [-0.39, 0.29) is 30.5 Å². The van der Waals surface area contributed by atoms with Crippen LogP contribution in [0.25, 0.3) is 0 Å². The largest absolute Gasteiger partial charge is 0.396 e. The molecule has 18 heavy (non-hydrogen) atoms. The summed E-state index contributed by atoms with van der Waals surface area (Å²) in [6.07, 6.45) is 3.39. The molecule has 5 nitrogen and oxygen atoms in total. The van der Waals surface area contributed by atoms with E-state index in [1.807, 2.05) is 6.92 Å². The molecule has 5 heteroatoms. The van der Waals surface area contributed by atoms with Gasteiger partial charge in [0, 0.05) is 37.9 Å². The number of nitrogens with one attached hydrogen (secondary N) is 1. The molecular weight excluding hydrogens is 232 g/mol. The molecule has 1 heterocycles. The fraction of sp³-hybridized carbons (Fsp3) is 0.538. The Hall–Kier alpha value is -1.62. The predicted octanol–water partition coefficient (Wildman–Crippen LogP) is 0.516. The predicted molar refractivity (Wildman–Crippen MR) is 69.2 cm³/mol. The van der Waals surface area contributed by atoms with Crippen molar-refractivity contribution in [1.82, 2.24) is 9.88 Å². The van der Waals surface area contributed by atoms with Gasteiger partial charge in [-0.2, -0.15) is 0 Å². The van der Waals surface area contributed by atoms with Crippen molar-refractivity contribution in [2.45, 2.75) is 38.8 Å². The van der Waals surface area contributed by atoms with Crippen LogP contribution in [0.15, 0.2) is 29.2 Å². The van der Waals surface area contributed by atoms with Crippen molar-refractivity contribution in [3.05, 3.63) is 34.7 Å². The quantitative estimate of drug-likeness (QED) is 0.743. The molecular formula is C13H20N2O3. The second-order valence-electron chi connectivity index (χ2n) is 4.32. The maximum Gasteiger partial charge on any atom is 0.250 e. The Balaban J connectivity index is 2.33. The average molecular weight is 252 g/mol. The molecule has 0 spiro atoms. The van der Waals surface area contributed by atoms with E-state index in [1.165, 1.54) is 10.6 Å². The van der Waals surface area contributed by atoms with Crippen LogP contribution >= 0.6 is 0 Å². The van der Waals surface area contributed by atoms with E-state index in [4.69, 9.17) is 5.11 Å². The van der Waals surface area contributed by atoms with Crippen molar-refractivity contribution < 1.29 is 9.90 Å². The van der Waals surface area contributed by atoms with Gasteiger partial charge in [0.25, 0.3) is 5.56 Å². The first kappa shape index (κ1) is 14.4. The molecule has 1 aromatic heterocycles. The normalized spacial score (nSPS) is 12.1. The molecule has 0 saturated carbocycles. The summed E-state index contributed by atoms with van der Waals surface area (Å²) < 4.78 is 1.51. The van der Waals surface area contributed by atoms with Gasteiger partial charge >= 0.3 is 0 Å². The van der Waals surface area contributed by atoms with E-state index < -0.39 is 0 Å². The second kappa shape index (κ2) is 7.66. The molecule has 0 aromatic carbocycles. The summed E-state index contributed by atoms with van der Waals surface area (Å²) in [6.45, 7) is 2.43. The number of amides is 1. The van der Waals surface area contributed by atoms with Gasteiger partial charge in [-0.1, -0.05) is 6.07 Å². The molecule has 1 unspecified atom stereocenters. The molecule has 1 rings (SSSR count). The molecule has 0 saturated heterocycles. The van der Waals surface area contributed by atoms with Crippen LogP contribution in [0.5, 0.6) is 0 Å². The van der Waals surface area contributed by atoms with Crippen molar-refractivity contribution in [1.29, 1.82) is 0 Å². The maximum atomic E-state index is 11.6. The fourth-order valence-corrected chi connectivity index (χ4v) is 1.68. The molecule has 0 aliphatic rings. The fourth-order valence-electron chi connectivity index (χ4n) is 1.68. The number of aryl methyl sites for hydroxylation is 1. The SMILES string of the molecule is CC(CCCO)NC(=O)CCn1ccccc1=O. The van der Waals surface area contributed by atoms with Crippen LogP contribution in [0.2, 0.25) is 0 Å². The van der Waals surface area contributed by atoms with Crippen molar-refractivity contribution in [2.24, 2.45) is 0 Å². The van der Waals surface area contributed by atoms with E-state index in [9.17, 15) is 9.59 Å². The summed E-state index contributed by atoms with van der Waals surface area (Å²) in [5.74, 6) is -0.0730. The number of hydrogen-bond donors (Lipinski definition) is 2. The Kier molecular flexibility index (Phi) is 6.14. The van der Waals surface area contributed by atoms with Crippen LogP contribution in [0.3, 0.4) is 0 Å². The molecule has 0 aliphatic heterocycles. The molecule has 0 fully saturated rings. The van der Waals surface area contributed by atoms with Gasteiger partial charge in [-0.25, -0.2) is 0 Å². The van der Waals surface area contributed by atoms with E-state index in [0.717, 1.165) is 6.42 Å². The highest BCUT2D eigenvalue weighted by Crippen LogP contribution is 1.96. The Labute approximate surface area is 106 Å². The van der Waals surface area contributed by atoms with Gasteiger partial charge in [-0.15, -0.1) is 0 Å². The lowest BCUT2D eigenvalue weighted by Gasteiger charge is -2.13. The molecule has 0 bridgehead atoms. The third-order valence-corrected chi connectivity index (χ3v) is 2.68. The Morgan fingerprint density at radius 2 is 2.28 bits per heavy atom. The summed E-state index contributed by atoms with van der Waals surface area (Å²) in [5.41, 5.74) is -0.0985. The first-order chi connectivity index (χ1) is 8.63. The number of nitrogens with zero attached hydrogens (tertiary/aromatic N) is 1. The zero-order valence-corrected chi connectivity index (χ0v) is 10.6. The van der Waals surface area contributed by atoms with Gasteiger partial charge in [0.15, 0.2) is 0 Å². The third-order valence-electron chi connectivity index (χ3n) is 2.68. The van der Waals surface area contributed by atoms with Gasteiger partial charge in [-0.05, 0) is 25.8 Å². The molecule has 0 radical (unpaired) electrons. The Morgan fingerprint density at radius 1 is 1.50 bits per heavy atom. The zero-order chi connectivity index (χ0) is 13.4. The van der Waals surface area contributed by atoms with E-state index in [0.29, 0.717) is 13.0 Å². The summed E-state index contributed by atoms with van der Waals surface area (Å²) >= 11 is 0. The molecule has 2 N–H and O–H groups in total. The number of carbonyl (C=O) groups excluding carboxylic acids is 1. The first-order valence-electron chi connectivity index (χ1n) is 6.19. The van der Waals surface area contributed by atoms with Gasteiger partial charge in [-0.3, -0.25) is 9.59 Å². The zero-order valence-electron chi connectivity index (χ0n) is 10.6. The van der Waals surface area contributed by atoms with Crippen molar-refractivity contribution in [2.75, 3.05) is 6.61 Å². The maximum absolute atomic E-state index is 11.6. The first-order valence-corrected chi connectivity index (χ1v) is 6.19. The third kappa shape index (κ3) is 5.14. The number of aliphatic hydroxyl groups excluding tert-OH is 1. The lowest BCUT2D eigenvalue weighted by molar-refractivity contribution is -0.122. The Morgan fingerprint density at radius 3 is 2.94 bits per heavy atom. The highest BCUT2D eigenvalue weighted by atomic mass is 16.3. The van der Waals surface area contributed by atoms with E-state index >= 15 is 0 Å². The van der Waals surface area contributed by atoms with E-state index in [2.05, 4.69) is 5.32 Å². The minimum Gasteiger partial charge on any atom is -0.396 e. The number of hydrogen-bond acceptors (Lipinski definition) is 3. The number of aromatic nitrogens is 1. The standard InChI is InChI=1S/C13H20N2O3/c1-11(5-4-10-16)14-12(17)7-9-15-8-3-2-6-13(15)18/h2-3,6,8,11,16H,4-5,7,9-10H2,1H3,(H,14,17). The summed E-state index contributed by atoms with van der Waals surface area (Å²) in [4.78, 5) is 23.0. The summed E-state index contributed by atoms with van der Waals surface area (Å²) in [6, 6.07) is 4.97. The number of rotatable bonds is 7. The number of pyridine rings is 1. The molecule has 100 valence electrons. The van der Waals surface area contributed by atoms with Crippen LogP contribution < -0.4 is 10.9 Å². The van der Waals surface area contributed by atoms with Gasteiger partial charge < -0.3 is 15.0 Å². The van der Waals surface area contributed by atoms with Crippen molar-refractivity contribution in [3.63, 3.8) is 0 Å². The van der Waals surface area contributed by atoms with Crippen molar-refractivity contribution >= 4 is 5.91 Å². The minimum absolute atomic E-state index is 0.0529. The van der Waals surface area contributed by atoms with Gasteiger partial charge in [0.05, 0.1) is 0 Å². The second-order valence-corrected chi connectivity index (χ2v) is 4.32. The summed E-state index contributed by atoms with van der Waals surface area (Å²) in [5, 5.41) is 11.5. The number of carbonyl (C=O) groups is 1. The smallest absolute Gasteiger partial charge is 0.250 e. The van der Waals surface area contributed by atoms with Crippen molar-refractivity contribution in [3.8, 4) is 0 Å². The minimum atomic E-state index is -0.0985.